The van der Waals surface area contributed by atoms with Crippen LogP contribution in [-0.4, -0.2) is 32.3 Å². The normalized spacial score (nSPS) is 12.0. The number of methoxy groups -OCH3 is 1. The van der Waals surface area contributed by atoms with Gasteiger partial charge in [0.15, 0.2) is 0 Å². The number of aryl methyl sites for hydroxylation is 1. The highest BCUT2D eigenvalue weighted by Crippen LogP contribution is 2.22. The van der Waals surface area contributed by atoms with Crippen LogP contribution < -0.4 is 15.8 Å². The number of unbranched alkanes of at least 4 members (excludes halogenated alkanes) is 1. The van der Waals surface area contributed by atoms with Gasteiger partial charge in [-0.3, -0.25) is 4.79 Å². The summed E-state index contributed by atoms with van der Waals surface area (Å²) in [5, 5.41) is 2.87. The van der Waals surface area contributed by atoms with Crippen LogP contribution in [0.3, 0.4) is 0 Å². The molecule has 5 heteroatoms. The summed E-state index contributed by atoms with van der Waals surface area (Å²) in [7, 11) is 1.55. The summed E-state index contributed by atoms with van der Waals surface area (Å²) < 4.78 is 10.7. The Balaban J connectivity index is 2.57. The van der Waals surface area contributed by atoms with E-state index in [0.29, 0.717) is 13.2 Å². The summed E-state index contributed by atoms with van der Waals surface area (Å²) in [6.45, 7) is 5.11. The van der Waals surface area contributed by atoms with Crippen molar-refractivity contribution in [2.45, 2.75) is 39.2 Å². The lowest BCUT2D eigenvalue weighted by Crippen LogP contribution is -2.28. The Labute approximate surface area is 126 Å². The van der Waals surface area contributed by atoms with Crippen LogP contribution in [0.4, 0.5) is 5.69 Å². The Morgan fingerprint density at radius 3 is 2.76 bits per heavy atom. The molecule has 0 spiro atoms. The fourth-order valence-corrected chi connectivity index (χ4v) is 1.87. The maximum atomic E-state index is 11.9. The number of amides is 1. The monoisotopic (exact) mass is 294 g/mol. The number of hydrogen-bond donors (Lipinski definition) is 2. The van der Waals surface area contributed by atoms with Gasteiger partial charge in [-0.2, -0.15) is 0 Å². The second-order valence-corrected chi connectivity index (χ2v) is 5.02. The first-order valence-corrected chi connectivity index (χ1v) is 7.36. The SMILES string of the molecule is CCCCOc1ccc(NC(=O)CC(CN)OC)c(C)c1. The third-order valence-corrected chi connectivity index (χ3v) is 3.25. The van der Waals surface area contributed by atoms with Crippen LogP contribution in [0.1, 0.15) is 31.7 Å². The molecule has 5 nitrogen and oxygen atoms in total. The number of carbonyl (C=O) groups excluding carboxylic acids is 1. The van der Waals surface area contributed by atoms with Gasteiger partial charge in [-0.1, -0.05) is 13.3 Å². The molecule has 1 unspecified atom stereocenters. The Morgan fingerprint density at radius 1 is 1.43 bits per heavy atom. The van der Waals surface area contributed by atoms with Gasteiger partial charge in [0, 0.05) is 19.3 Å². The van der Waals surface area contributed by atoms with Gasteiger partial charge >= 0.3 is 0 Å². The maximum absolute atomic E-state index is 11.9. The summed E-state index contributed by atoms with van der Waals surface area (Å²) in [4.78, 5) is 11.9. The van der Waals surface area contributed by atoms with Crippen LogP contribution in [-0.2, 0) is 9.53 Å². The first-order chi connectivity index (χ1) is 10.1. The molecule has 0 saturated heterocycles. The molecule has 0 aromatic heterocycles. The third kappa shape index (κ3) is 6.14. The molecule has 0 fully saturated rings. The molecule has 0 aliphatic carbocycles. The molecule has 0 bridgehead atoms. The molecule has 1 rings (SSSR count). The second-order valence-electron chi connectivity index (χ2n) is 5.02. The van der Waals surface area contributed by atoms with Gasteiger partial charge in [0.2, 0.25) is 5.91 Å². The number of benzene rings is 1. The Morgan fingerprint density at radius 2 is 2.19 bits per heavy atom. The van der Waals surface area contributed by atoms with Gasteiger partial charge in [-0.25, -0.2) is 0 Å². The van der Waals surface area contributed by atoms with Crippen molar-refractivity contribution in [3.8, 4) is 5.75 Å². The Kier molecular flexibility index (Phi) is 7.79. The fraction of sp³-hybridized carbons (Fsp3) is 0.562. The molecule has 0 aliphatic heterocycles. The molecule has 3 N–H and O–H groups in total. The number of nitrogens with one attached hydrogen (secondary N) is 1. The van der Waals surface area contributed by atoms with Gasteiger partial charge in [-0.05, 0) is 37.1 Å². The second kappa shape index (κ2) is 9.37. The van der Waals surface area contributed by atoms with Crippen molar-refractivity contribution in [3.63, 3.8) is 0 Å². The van der Waals surface area contributed by atoms with Gasteiger partial charge in [-0.15, -0.1) is 0 Å². The Hall–Kier alpha value is -1.59. The molecule has 21 heavy (non-hydrogen) atoms. The first-order valence-electron chi connectivity index (χ1n) is 7.36. The van der Waals surface area contributed by atoms with Gasteiger partial charge in [0.05, 0.1) is 19.1 Å². The lowest BCUT2D eigenvalue weighted by molar-refractivity contribution is -0.118. The number of rotatable bonds is 9. The zero-order chi connectivity index (χ0) is 15.7. The lowest BCUT2D eigenvalue weighted by Gasteiger charge is -2.14. The summed E-state index contributed by atoms with van der Waals surface area (Å²) in [6, 6.07) is 5.66. The highest BCUT2D eigenvalue weighted by atomic mass is 16.5. The zero-order valence-corrected chi connectivity index (χ0v) is 13.1. The van der Waals surface area contributed by atoms with Crippen molar-refractivity contribution < 1.29 is 14.3 Å². The number of nitrogens with two attached hydrogens (primary N) is 1. The molecule has 1 atom stereocenters. The largest absolute Gasteiger partial charge is 0.494 e. The van der Waals surface area contributed by atoms with Crippen molar-refractivity contribution in [1.29, 1.82) is 0 Å². The minimum atomic E-state index is -0.248. The maximum Gasteiger partial charge on any atom is 0.227 e. The van der Waals surface area contributed by atoms with E-state index in [9.17, 15) is 4.79 Å². The quantitative estimate of drug-likeness (QED) is 0.686. The van der Waals surface area contributed by atoms with E-state index in [1.165, 1.54) is 0 Å². The highest BCUT2D eigenvalue weighted by Gasteiger charge is 2.12. The summed E-state index contributed by atoms with van der Waals surface area (Å²) in [5.74, 6) is 0.728. The standard InChI is InChI=1S/C16H26N2O3/c1-4-5-8-21-13-6-7-15(12(2)9-13)18-16(19)10-14(11-17)20-3/h6-7,9,14H,4-5,8,10-11,17H2,1-3H3,(H,18,19). The molecule has 118 valence electrons. The average molecular weight is 294 g/mol. The summed E-state index contributed by atoms with van der Waals surface area (Å²) in [6.07, 6.45) is 2.15. The average Bonchev–Trinajstić information content (AvgIpc) is 2.47. The minimum absolute atomic E-state index is 0.102. The summed E-state index contributed by atoms with van der Waals surface area (Å²) in [5.41, 5.74) is 7.27. The predicted molar refractivity (Wildman–Crippen MR) is 84.7 cm³/mol. The first kappa shape index (κ1) is 17.5. The van der Waals surface area contributed by atoms with Crippen LogP contribution >= 0.6 is 0 Å². The van der Waals surface area contributed by atoms with Gasteiger partial charge < -0.3 is 20.5 Å². The lowest BCUT2D eigenvalue weighted by atomic mass is 10.1. The molecule has 0 heterocycles. The molecular formula is C16H26N2O3. The van der Waals surface area contributed by atoms with E-state index in [4.69, 9.17) is 15.2 Å². The predicted octanol–water partition coefficient (Wildman–Crippen LogP) is 2.48. The molecule has 0 radical (unpaired) electrons. The smallest absolute Gasteiger partial charge is 0.227 e. The third-order valence-electron chi connectivity index (χ3n) is 3.25. The van der Waals surface area contributed by atoms with E-state index in [-0.39, 0.29) is 18.4 Å². The number of ether oxygens (including phenoxy) is 2. The van der Waals surface area contributed by atoms with E-state index in [1.807, 2.05) is 25.1 Å². The highest BCUT2D eigenvalue weighted by molar-refractivity contribution is 5.91. The van der Waals surface area contributed by atoms with Crippen molar-refractivity contribution >= 4 is 11.6 Å². The van der Waals surface area contributed by atoms with E-state index >= 15 is 0 Å². The molecule has 1 aromatic rings. The van der Waals surface area contributed by atoms with Crippen LogP contribution in [0.25, 0.3) is 0 Å². The molecule has 1 amide bonds. The van der Waals surface area contributed by atoms with Crippen molar-refractivity contribution in [1.82, 2.24) is 0 Å². The number of anilines is 1. The fourth-order valence-electron chi connectivity index (χ4n) is 1.87. The topological polar surface area (TPSA) is 73.6 Å². The molecule has 1 aromatic carbocycles. The van der Waals surface area contributed by atoms with Crippen molar-refractivity contribution in [3.05, 3.63) is 23.8 Å². The molecular weight excluding hydrogens is 268 g/mol. The molecule has 0 saturated carbocycles. The van der Waals surface area contributed by atoms with Crippen LogP contribution in [0, 0.1) is 6.92 Å². The number of hydrogen-bond acceptors (Lipinski definition) is 4. The van der Waals surface area contributed by atoms with E-state index < -0.39 is 0 Å². The summed E-state index contributed by atoms with van der Waals surface area (Å²) >= 11 is 0. The minimum Gasteiger partial charge on any atom is -0.494 e. The van der Waals surface area contributed by atoms with Crippen LogP contribution in [0.15, 0.2) is 18.2 Å². The van der Waals surface area contributed by atoms with E-state index in [1.54, 1.807) is 7.11 Å². The molecule has 0 aliphatic rings. The van der Waals surface area contributed by atoms with Crippen LogP contribution in [0.5, 0.6) is 5.75 Å². The van der Waals surface area contributed by atoms with Gasteiger partial charge in [0.1, 0.15) is 5.75 Å². The number of carbonyl (C=O) groups is 1. The van der Waals surface area contributed by atoms with E-state index in [0.717, 1.165) is 29.8 Å². The zero-order valence-electron chi connectivity index (χ0n) is 13.1. The van der Waals surface area contributed by atoms with Crippen molar-refractivity contribution in [2.24, 2.45) is 5.73 Å². The van der Waals surface area contributed by atoms with Crippen LogP contribution in [0.2, 0.25) is 0 Å². The Bertz CT molecular complexity index is 445. The van der Waals surface area contributed by atoms with E-state index in [2.05, 4.69) is 12.2 Å². The van der Waals surface area contributed by atoms with Crippen molar-refractivity contribution in [2.75, 3.05) is 25.6 Å². The van der Waals surface area contributed by atoms with Gasteiger partial charge in [0.25, 0.3) is 0 Å².